The van der Waals surface area contributed by atoms with Crippen LogP contribution in [-0.4, -0.2) is 40.4 Å². The molecule has 0 N–H and O–H groups in total. The lowest BCUT2D eigenvalue weighted by Gasteiger charge is -2.33. The molecular weight excluding hydrogens is 223 g/mol. The summed E-state index contributed by atoms with van der Waals surface area (Å²) in [6.45, 7) is 4.12. The fourth-order valence-electron chi connectivity index (χ4n) is 2.07. The molecule has 3 heterocycles. The van der Waals surface area contributed by atoms with Crippen molar-refractivity contribution >= 4 is 11.6 Å². The molecular formula is C11H13FN4O. The minimum Gasteiger partial charge on any atom is -0.377 e. The smallest absolute Gasteiger partial charge is 0.232 e. The summed E-state index contributed by atoms with van der Waals surface area (Å²) in [5.74, 6) is 0.384. The van der Waals surface area contributed by atoms with Crippen LogP contribution in [-0.2, 0) is 4.74 Å². The zero-order valence-electron chi connectivity index (χ0n) is 9.51. The first-order valence-corrected chi connectivity index (χ1v) is 5.60. The standard InChI is InChI=1S/C11H13FN4O/c1-8-7-17-5-4-15(8)11-14-13-10-3-2-9(12)6-16(10)11/h2-3,6,8H,4-5,7H2,1H3. The van der Waals surface area contributed by atoms with E-state index in [0.29, 0.717) is 24.8 Å². The van der Waals surface area contributed by atoms with E-state index in [4.69, 9.17) is 4.74 Å². The second-order valence-electron chi connectivity index (χ2n) is 4.19. The van der Waals surface area contributed by atoms with Crippen molar-refractivity contribution in [2.24, 2.45) is 0 Å². The van der Waals surface area contributed by atoms with E-state index in [1.165, 1.54) is 12.3 Å². The van der Waals surface area contributed by atoms with Crippen LogP contribution in [0.3, 0.4) is 0 Å². The third kappa shape index (κ3) is 1.74. The van der Waals surface area contributed by atoms with Gasteiger partial charge in [-0.2, -0.15) is 0 Å². The van der Waals surface area contributed by atoms with E-state index < -0.39 is 0 Å². The van der Waals surface area contributed by atoms with Crippen molar-refractivity contribution in [2.45, 2.75) is 13.0 Å². The van der Waals surface area contributed by atoms with E-state index in [-0.39, 0.29) is 11.9 Å². The molecule has 0 amide bonds. The van der Waals surface area contributed by atoms with Crippen LogP contribution < -0.4 is 4.90 Å². The minimum absolute atomic E-state index is 0.222. The Kier molecular flexibility index (Phi) is 2.44. The van der Waals surface area contributed by atoms with E-state index in [1.54, 1.807) is 10.5 Å². The number of nitrogens with zero attached hydrogens (tertiary/aromatic N) is 4. The number of halogens is 1. The Labute approximate surface area is 97.8 Å². The quantitative estimate of drug-likeness (QED) is 0.743. The SMILES string of the molecule is CC1COCCN1c1nnc2ccc(F)cn12. The molecule has 1 aliphatic heterocycles. The van der Waals surface area contributed by atoms with Gasteiger partial charge in [0.25, 0.3) is 0 Å². The van der Waals surface area contributed by atoms with E-state index in [9.17, 15) is 4.39 Å². The van der Waals surface area contributed by atoms with Crippen LogP contribution in [0.25, 0.3) is 5.65 Å². The van der Waals surface area contributed by atoms with Crippen molar-refractivity contribution in [1.82, 2.24) is 14.6 Å². The molecule has 0 aliphatic carbocycles. The molecule has 2 aromatic rings. The number of pyridine rings is 1. The van der Waals surface area contributed by atoms with Gasteiger partial charge in [0, 0.05) is 12.7 Å². The Balaban J connectivity index is 2.07. The second kappa shape index (κ2) is 3.96. The summed E-state index contributed by atoms with van der Waals surface area (Å²) < 4.78 is 20.3. The number of hydrogen-bond donors (Lipinski definition) is 0. The van der Waals surface area contributed by atoms with Gasteiger partial charge >= 0.3 is 0 Å². The minimum atomic E-state index is -0.292. The summed E-state index contributed by atoms with van der Waals surface area (Å²) in [4.78, 5) is 2.09. The molecule has 2 aromatic heterocycles. The van der Waals surface area contributed by atoms with Gasteiger partial charge in [0.05, 0.1) is 19.3 Å². The largest absolute Gasteiger partial charge is 0.377 e. The first-order chi connectivity index (χ1) is 8.25. The van der Waals surface area contributed by atoms with Crippen LogP contribution >= 0.6 is 0 Å². The molecule has 90 valence electrons. The van der Waals surface area contributed by atoms with Gasteiger partial charge in [-0.1, -0.05) is 0 Å². The topological polar surface area (TPSA) is 42.7 Å². The summed E-state index contributed by atoms with van der Waals surface area (Å²) in [5.41, 5.74) is 0.653. The molecule has 0 saturated carbocycles. The van der Waals surface area contributed by atoms with Crippen molar-refractivity contribution in [1.29, 1.82) is 0 Å². The van der Waals surface area contributed by atoms with Gasteiger partial charge in [-0.25, -0.2) is 4.39 Å². The summed E-state index contributed by atoms with van der Waals surface area (Å²) in [7, 11) is 0. The molecule has 0 spiro atoms. The number of hydrogen-bond acceptors (Lipinski definition) is 4. The zero-order valence-corrected chi connectivity index (χ0v) is 9.51. The summed E-state index contributed by atoms with van der Waals surface area (Å²) in [6.07, 6.45) is 1.41. The average molecular weight is 236 g/mol. The van der Waals surface area contributed by atoms with Crippen LogP contribution in [0.5, 0.6) is 0 Å². The summed E-state index contributed by atoms with van der Waals surface area (Å²) >= 11 is 0. The molecule has 17 heavy (non-hydrogen) atoms. The van der Waals surface area contributed by atoms with Crippen molar-refractivity contribution in [3.63, 3.8) is 0 Å². The highest BCUT2D eigenvalue weighted by molar-refractivity contribution is 5.47. The molecule has 1 aliphatic rings. The molecule has 1 unspecified atom stereocenters. The maximum Gasteiger partial charge on any atom is 0.232 e. The highest BCUT2D eigenvalue weighted by atomic mass is 19.1. The fraction of sp³-hybridized carbons (Fsp3) is 0.455. The van der Waals surface area contributed by atoms with Crippen molar-refractivity contribution in [3.05, 3.63) is 24.1 Å². The number of morpholine rings is 1. The number of rotatable bonds is 1. The van der Waals surface area contributed by atoms with Gasteiger partial charge in [0.15, 0.2) is 5.65 Å². The lowest BCUT2D eigenvalue weighted by Crippen LogP contribution is -2.44. The first kappa shape index (κ1) is 10.5. The highest BCUT2D eigenvalue weighted by Crippen LogP contribution is 2.18. The first-order valence-electron chi connectivity index (χ1n) is 5.60. The molecule has 3 rings (SSSR count). The zero-order chi connectivity index (χ0) is 11.8. The van der Waals surface area contributed by atoms with Crippen LogP contribution in [0, 0.1) is 5.82 Å². The molecule has 1 saturated heterocycles. The maximum atomic E-state index is 13.2. The van der Waals surface area contributed by atoms with E-state index in [2.05, 4.69) is 22.0 Å². The molecule has 0 bridgehead atoms. The Morgan fingerprint density at radius 1 is 1.41 bits per heavy atom. The highest BCUT2D eigenvalue weighted by Gasteiger charge is 2.23. The number of aromatic nitrogens is 3. The summed E-state index contributed by atoms with van der Waals surface area (Å²) in [5, 5.41) is 8.16. The molecule has 5 nitrogen and oxygen atoms in total. The fourth-order valence-corrected chi connectivity index (χ4v) is 2.07. The van der Waals surface area contributed by atoms with E-state index in [0.717, 1.165) is 6.54 Å². The average Bonchev–Trinajstić information content (AvgIpc) is 2.72. The number of anilines is 1. The third-order valence-electron chi connectivity index (χ3n) is 2.97. The van der Waals surface area contributed by atoms with Gasteiger partial charge in [0.2, 0.25) is 5.95 Å². The lowest BCUT2D eigenvalue weighted by molar-refractivity contribution is 0.0980. The normalized spacial score (nSPS) is 21.1. The second-order valence-corrected chi connectivity index (χ2v) is 4.19. The monoisotopic (exact) mass is 236 g/mol. The van der Waals surface area contributed by atoms with Crippen molar-refractivity contribution in [2.75, 3.05) is 24.7 Å². The van der Waals surface area contributed by atoms with E-state index >= 15 is 0 Å². The maximum absolute atomic E-state index is 13.2. The molecule has 0 radical (unpaired) electrons. The Bertz CT molecular complexity index is 541. The van der Waals surface area contributed by atoms with E-state index in [1.807, 2.05) is 0 Å². The number of fused-ring (bicyclic) bond motifs is 1. The predicted molar refractivity (Wildman–Crippen MR) is 60.6 cm³/mol. The predicted octanol–water partition coefficient (Wildman–Crippen LogP) is 1.09. The lowest BCUT2D eigenvalue weighted by atomic mass is 10.3. The summed E-state index contributed by atoms with van der Waals surface area (Å²) in [6, 6.07) is 3.23. The molecule has 1 atom stereocenters. The number of ether oxygens (including phenoxy) is 1. The Morgan fingerprint density at radius 3 is 3.12 bits per heavy atom. The van der Waals surface area contributed by atoms with Crippen LogP contribution in [0.15, 0.2) is 18.3 Å². The molecule has 0 aromatic carbocycles. The van der Waals surface area contributed by atoms with Gasteiger partial charge in [0.1, 0.15) is 5.82 Å². The van der Waals surface area contributed by atoms with Gasteiger partial charge < -0.3 is 9.64 Å². The van der Waals surface area contributed by atoms with Crippen LogP contribution in [0.1, 0.15) is 6.92 Å². The van der Waals surface area contributed by atoms with Gasteiger partial charge in [-0.3, -0.25) is 4.40 Å². The third-order valence-corrected chi connectivity index (χ3v) is 2.97. The molecule has 1 fully saturated rings. The Morgan fingerprint density at radius 2 is 2.29 bits per heavy atom. The van der Waals surface area contributed by atoms with Gasteiger partial charge in [-0.15, -0.1) is 10.2 Å². The van der Waals surface area contributed by atoms with Crippen LogP contribution in [0.4, 0.5) is 10.3 Å². The molecule has 6 heteroatoms. The van der Waals surface area contributed by atoms with Crippen molar-refractivity contribution < 1.29 is 9.13 Å². The van der Waals surface area contributed by atoms with Gasteiger partial charge in [-0.05, 0) is 19.1 Å². The van der Waals surface area contributed by atoms with Crippen LogP contribution in [0.2, 0.25) is 0 Å². The Hall–Kier alpha value is -1.69. The van der Waals surface area contributed by atoms with Crippen molar-refractivity contribution in [3.8, 4) is 0 Å².